The Kier molecular flexibility index (Phi) is 3.85. The minimum absolute atomic E-state index is 0.164. The molecule has 5 nitrogen and oxygen atoms in total. The standard InChI is InChI=1S/C21H17ClN4O/c22-13-9-15-16(11-24-21(15)23-10-13)17-6-3-7-19(25-17)26-20-14-5-2-1-4-12(14)8-18(20)27/h1-7,9-11,18,20,27H,8H2,(H,23,24)(H,25,26)/t18-,20+/m0/s1. The Labute approximate surface area is 161 Å². The van der Waals surface area contributed by atoms with Crippen molar-refractivity contribution in [3.63, 3.8) is 0 Å². The van der Waals surface area contributed by atoms with E-state index in [1.54, 1.807) is 6.20 Å². The van der Waals surface area contributed by atoms with Gasteiger partial charge in [-0.3, -0.25) is 0 Å². The normalized spacial score (nSPS) is 18.6. The molecule has 1 aliphatic carbocycles. The first kappa shape index (κ1) is 16.3. The first-order chi connectivity index (χ1) is 13.2. The van der Waals surface area contributed by atoms with Crippen LogP contribution in [0.2, 0.25) is 5.02 Å². The van der Waals surface area contributed by atoms with Gasteiger partial charge in [0, 0.05) is 29.8 Å². The molecular formula is C21H17ClN4O. The maximum Gasteiger partial charge on any atom is 0.138 e. The monoisotopic (exact) mass is 376 g/mol. The molecule has 0 bridgehead atoms. The third-order valence-electron chi connectivity index (χ3n) is 5.03. The Morgan fingerprint density at radius 1 is 1.15 bits per heavy atom. The number of aliphatic hydroxyl groups excluding tert-OH is 1. The largest absolute Gasteiger partial charge is 0.390 e. The van der Waals surface area contributed by atoms with E-state index >= 15 is 0 Å². The molecule has 0 saturated carbocycles. The first-order valence-corrected chi connectivity index (χ1v) is 9.19. The second kappa shape index (κ2) is 6.37. The molecule has 6 heteroatoms. The number of fused-ring (bicyclic) bond motifs is 2. The Morgan fingerprint density at radius 2 is 2.04 bits per heavy atom. The zero-order chi connectivity index (χ0) is 18.4. The summed E-state index contributed by atoms with van der Waals surface area (Å²) in [7, 11) is 0. The van der Waals surface area contributed by atoms with E-state index in [9.17, 15) is 5.11 Å². The molecule has 0 radical (unpaired) electrons. The molecule has 3 N–H and O–H groups in total. The number of aromatic nitrogens is 3. The van der Waals surface area contributed by atoms with Crippen LogP contribution in [0.3, 0.4) is 0 Å². The van der Waals surface area contributed by atoms with Crippen LogP contribution in [0.15, 0.2) is 60.9 Å². The second-order valence-electron chi connectivity index (χ2n) is 6.75. The summed E-state index contributed by atoms with van der Waals surface area (Å²) < 4.78 is 0. The number of nitrogens with zero attached hydrogens (tertiary/aromatic N) is 2. The van der Waals surface area contributed by atoms with Crippen molar-refractivity contribution in [1.82, 2.24) is 15.0 Å². The Morgan fingerprint density at radius 3 is 2.96 bits per heavy atom. The van der Waals surface area contributed by atoms with Crippen LogP contribution < -0.4 is 5.32 Å². The summed E-state index contributed by atoms with van der Waals surface area (Å²) in [6.45, 7) is 0. The minimum Gasteiger partial charge on any atom is -0.390 e. The molecule has 2 atom stereocenters. The van der Waals surface area contributed by atoms with Crippen LogP contribution in [0.5, 0.6) is 0 Å². The van der Waals surface area contributed by atoms with Crippen molar-refractivity contribution in [2.45, 2.75) is 18.6 Å². The zero-order valence-corrected chi connectivity index (χ0v) is 15.1. The Balaban J connectivity index is 1.50. The van der Waals surface area contributed by atoms with Crippen molar-refractivity contribution in [1.29, 1.82) is 0 Å². The van der Waals surface area contributed by atoms with E-state index in [4.69, 9.17) is 16.6 Å². The van der Waals surface area contributed by atoms with Crippen molar-refractivity contribution < 1.29 is 5.11 Å². The van der Waals surface area contributed by atoms with E-state index in [2.05, 4.69) is 27.4 Å². The van der Waals surface area contributed by atoms with E-state index in [1.807, 2.05) is 42.6 Å². The van der Waals surface area contributed by atoms with Gasteiger partial charge in [-0.15, -0.1) is 0 Å². The lowest BCUT2D eigenvalue weighted by molar-refractivity contribution is 0.165. The fourth-order valence-corrected chi connectivity index (χ4v) is 3.92. The number of benzene rings is 1. The van der Waals surface area contributed by atoms with Crippen LogP contribution in [-0.4, -0.2) is 26.2 Å². The molecule has 0 saturated heterocycles. The Bertz CT molecular complexity index is 1140. The van der Waals surface area contributed by atoms with Crippen molar-refractivity contribution in [3.05, 3.63) is 77.1 Å². The quantitative estimate of drug-likeness (QED) is 0.497. The third-order valence-corrected chi connectivity index (χ3v) is 5.24. The van der Waals surface area contributed by atoms with E-state index < -0.39 is 6.10 Å². The number of aliphatic hydroxyl groups is 1. The summed E-state index contributed by atoms with van der Waals surface area (Å²) in [6.07, 6.45) is 3.69. The van der Waals surface area contributed by atoms with Gasteiger partial charge in [0.15, 0.2) is 0 Å². The smallest absolute Gasteiger partial charge is 0.138 e. The molecule has 0 aliphatic heterocycles. The van der Waals surface area contributed by atoms with Gasteiger partial charge in [0.2, 0.25) is 0 Å². The number of hydrogen-bond acceptors (Lipinski definition) is 4. The van der Waals surface area contributed by atoms with E-state index in [1.165, 1.54) is 5.56 Å². The number of aromatic amines is 1. The van der Waals surface area contributed by atoms with Crippen molar-refractivity contribution in [2.75, 3.05) is 5.32 Å². The van der Waals surface area contributed by atoms with Gasteiger partial charge >= 0.3 is 0 Å². The summed E-state index contributed by atoms with van der Waals surface area (Å²) >= 11 is 6.11. The van der Waals surface area contributed by atoms with Crippen LogP contribution in [0.1, 0.15) is 17.2 Å². The van der Waals surface area contributed by atoms with E-state index in [0.717, 1.165) is 33.7 Å². The van der Waals surface area contributed by atoms with Gasteiger partial charge in [-0.05, 0) is 29.3 Å². The number of rotatable bonds is 3. The van der Waals surface area contributed by atoms with Crippen LogP contribution in [0, 0.1) is 0 Å². The Hall–Kier alpha value is -2.89. The molecule has 3 aromatic heterocycles. The molecule has 0 fully saturated rings. The van der Waals surface area contributed by atoms with Crippen LogP contribution in [-0.2, 0) is 6.42 Å². The van der Waals surface area contributed by atoms with E-state index in [0.29, 0.717) is 11.4 Å². The van der Waals surface area contributed by atoms with Crippen molar-refractivity contribution in [3.8, 4) is 11.3 Å². The number of pyridine rings is 2. The average Bonchev–Trinajstić information content (AvgIpc) is 3.23. The number of hydrogen-bond donors (Lipinski definition) is 3. The molecular weight excluding hydrogens is 360 g/mol. The first-order valence-electron chi connectivity index (χ1n) is 8.81. The molecule has 0 unspecified atom stereocenters. The lowest BCUT2D eigenvalue weighted by Gasteiger charge is -2.19. The number of nitrogens with one attached hydrogen (secondary N) is 2. The lowest BCUT2D eigenvalue weighted by Crippen LogP contribution is -2.21. The van der Waals surface area contributed by atoms with Crippen molar-refractivity contribution in [2.24, 2.45) is 0 Å². The van der Waals surface area contributed by atoms with Gasteiger partial charge in [-0.2, -0.15) is 0 Å². The predicted molar refractivity (Wildman–Crippen MR) is 107 cm³/mol. The lowest BCUT2D eigenvalue weighted by atomic mass is 10.1. The van der Waals surface area contributed by atoms with Crippen LogP contribution in [0.4, 0.5) is 5.82 Å². The van der Waals surface area contributed by atoms with Crippen LogP contribution in [0.25, 0.3) is 22.3 Å². The minimum atomic E-state index is -0.469. The molecule has 4 aromatic rings. The third kappa shape index (κ3) is 2.85. The van der Waals surface area contributed by atoms with Gasteiger partial charge in [-0.25, -0.2) is 9.97 Å². The van der Waals surface area contributed by atoms with Crippen LogP contribution >= 0.6 is 11.6 Å². The summed E-state index contributed by atoms with van der Waals surface area (Å²) in [4.78, 5) is 12.2. The molecule has 27 heavy (non-hydrogen) atoms. The fourth-order valence-electron chi connectivity index (χ4n) is 3.76. The van der Waals surface area contributed by atoms with Crippen molar-refractivity contribution >= 4 is 28.5 Å². The topological polar surface area (TPSA) is 73.8 Å². The summed E-state index contributed by atoms with van der Waals surface area (Å²) in [6, 6.07) is 15.7. The SMILES string of the molecule is O[C@H]1Cc2ccccc2[C@H]1Nc1cccc(-c2c[nH]c3ncc(Cl)cc23)n1. The highest BCUT2D eigenvalue weighted by molar-refractivity contribution is 6.31. The number of H-pyrrole nitrogens is 1. The van der Waals surface area contributed by atoms with Gasteiger partial charge in [-0.1, -0.05) is 41.9 Å². The maximum atomic E-state index is 10.5. The molecule has 0 amide bonds. The summed E-state index contributed by atoms with van der Waals surface area (Å²) in [5.74, 6) is 0.720. The van der Waals surface area contributed by atoms with Gasteiger partial charge in [0.25, 0.3) is 0 Å². The second-order valence-corrected chi connectivity index (χ2v) is 7.19. The van der Waals surface area contributed by atoms with Gasteiger partial charge < -0.3 is 15.4 Å². The molecule has 3 heterocycles. The zero-order valence-electron chi connectivity index (χ0n) is 14.4. The highest BCUT2D eigenvalue weighted by Gasteiger charge is 2.30. The molecule has 5 rings (SSSR count). The van der Waals surface area contributed by atoms with Gasteiger partial charge in [0.1, 0.15) is 11.5 Å². The summed E-state index contributed by atoms with van der Waals surface area (Å²) in [5.41, 5.74) is 4.83. The highest BCUT2D eigenvalue weighted by Crippen LogP contribution is 2.34. The van der Waals surface area contributed by atoms with E-state index in [-0.39, 0.29) is 6.04 Å². The molecule has 134 valence electrons. The van der Waals surface area contributed by atoms with Gasteiger partial charge in [0.05, 0.1) is 22.9 Å². The highest BCUT2D eigenvalue weighted by atomic mass is 35.5. The maximum absolute atomic E-state index is 10.5. The molecule has 0 spiro atoms. The molecule has 1 aliphatic rings. The summed E-state index contributed by atoms with van der Waals surface area (Å²) in [5, 5.41) is 15.4. The fraction of sp³-hybridized carbons (Fsp3) is 0.143. The molecule has 1 aromatic carbocycles. The average molecular weight is 377 g/mol. The number of anilines is 1. The predicted octanol–water partition coefficient (Wildman–Crippen LogP) is 4.35. The number of halogens is 1.